The molecule has 2 rings (SSSR count). The molecular weight excluding hydrogens is 154 g/mol. The number of para-hydroxylation sites is 1. The molecule has 0 saturated heterocycles. The molecule has 0 amide bonds. The van der Waals surface area contributed by atoms with Gasteiger partial charge in [0.25, 0.3) is 0 Å². The predicted octanol–water partition coefficient (Wildman–Crippen LogP) is 0.932. The minimum absolute atomic E-state index is 0.533. The number of carbonyl (C=O) groups is 1. The zero-order valence-electron chi connectivity index (χ0n) is 6.40. The first kappa shape index (κ1) is 7.16. The maximum atomic E-state index is 10.6. The highest BCUT2D eigenvalue weighted by atomic mass is 16.4. The number of carboxylic acids is 1. The minimum atomic E-state index is -0.841. The molecular formula is C9H8NO2. The summed E-state index contributed by atoms with van der Waals surface area (Å²) in [7, 11) is 0. The van der Waals surface area contributed by atoms with Crippen LogP contribution >= 0.6 is 0 Å². The number of aliphatic carboxylic acids is 1. The molecule has 0 bridgehead atoms. The summed E-state index contributed by atoms with van der Waals surface area (Å²) in [6.07, 6.45) is 0.533. The Morgan fingerprint density at radius 1 is 1.50 bits per heavy atom. The Balaban J connectivity index is 2.27. The van der Waals surface area contributed by atoms with Crippen LogP contribution in [0.4, 0.5) is 5.69 Å². The first-order valence-corrected chi connectivity index (χ1v) is 3.79. The van der Waals surface area contributed by atoms with Crippen LogP contribution < -0.4 is 5.32 Å². The molecule has 1 aliphatic rings. The van der Waals surface area contributed by atoms with E-state index in [1.54, 1.807) is 0 Å². The number of carboxylic acid groups (broad SMARTS) is 1. The molecule has 1 atom stereocenters. The molecule has 12 heavy (non-hydrogen) atoms. The average molecular weight is 162 g/mol. The summed E-state index contributed by atoms with van der Waals surface area (Å²) in [5.74, 6) is -0.841. The summed E-state index contributed by atoms with van der Waals surface area (Å²) in [6.45, 7) is 0. The largest absolute Gasteiger partial charge is 0.480 e. The first-order chi connectivity index (χ1) is 5.77. The molecule has 0 aromatic heterocycles. The topological polar surface area (TPSA) is 51.4 Å². The maximum Gasteiger partial charge on any atom is 0.328 e. The number of hydrogen-bond donors (Lipinski definition) is 1. The molecule has 0 saturated carbocycles. The summed E-state index contributed by atoms with van der Waals surface area (Å²) in [4.78, 5) is 10.6. The van der Waals surface area contributed by atoms with E-state index in [-0.39, 0.29) is 0 Å². The van der Waals surface area contributed by atoms with Gasteiger partial charge in [-0.15, -0.1) is 0 Å². The van der Waals surface area contributed by atoms with Crippen LogP contribution in [0.25, 0.3) is 0 Å². The molecule has 1 radical (unpaired) electrons. The second kappa shape index (κ2) is 2.52. The highest BCUT2D eigenvalue weighted by Gasteiger charge is 2.27. The van der Waals surface area contributed by atoms with Gasteiger partial charge in [-0.1, -0.05) is 18.2 Å². The van der Waals surface area contributed by atoms with Crippen molar-refractivity contribution >= 4 is 11.7 Å². The van der Waals surface area contributed by atoms with Crippen LogP contribution in [0.5, 0.6) is 0 Å². The lowest BCUT2D eigenvalue weighted by Gasteiger charge is -1.99. The lowest BCUT2D eigenvalue weighted by atomic mass is 10.1. The summed E-state index contributed by atoms with van der Waals surface area (Å²) in [5.41, 5.74) is 1.86. The van der Waals surface area contributed by atoms with Gasteiger partial charge in [0.1, 0.15) is 0 Å². The summed E-state index contributed by atoms with van der Waals surface area (Å²) in [5, 5.41) is 12.7. The zero-order valence-corrected chi connectivity index (χ0v) is 6.40. The maximum absolute atomic E-state index is 10.6. The summed E-state index contributed by atoms with van der Waals surface area (Å²) < 4.78 is 0. The van der Waals surface area contributed by atoms with Crippen LogP contribution in [0.1, 0.15) is 5.56 Å². The lowest BCUT2D eigenvalue weighted by Crippen LogP contribution is -2.25. The van der Waals surface area contributed by atoms with E-state index < -0.39 is 12.0 Å². The van der Waals surface area contributed by atoms with E-state index in [9.17, 15) is 4.79 Å². The Morgan fingerprint density at radius 2 is 2.25 bits per heavy atom. The zero-order chi connectivity index (χ0) is 8.55. The van der Waals surface area contributed by atoms with E-state index in [4.69, 9.17) is 5.11 Å². The van der Waals surface area contributed by atoms with Gasteiger partial charge in [-0.2, -0.15) is 0 Å². The summed E-state index contributed by atoms with van der Waals surface area (Å²) >= 11 is 0. The molecule has 1 aromatic rings. The van der Waals surface area contributed by atoms with E-state index in [0.29, 0.717) is 6.42 Å². The normalized spacial score (nSPS) is 19.8. The van der Waals surface area contributed by atoms with Gasteiger partial charge in [0.2, 0.25) is 0 Å². The smallest absolute Gasteiger partial charge is 0.328 e. The highest BCUT2D eigenvalue weighted by molar-refractivity contribution is 5.77. The third-order valence-corrected chi connectivity index (χ3v) is 1.98. The van der Waals surface area contributed by atoms with Gasteiger partial charge in [0.05, 0.1) is 5.69 Å². The fraction of sp³-hybridized carbons (Fsp3) is 0.222. The van der Waals surface area contributed by atoms with Crippen molar-refractivity contribution in [2.45, 2.75) is 12.5 Å². The van der Waals surface area contributed by atoms with Crippen LogP contribution in [0, 0.1) is 0 Å². The Hall–Kier alpha value is -1.51. The van der Waals surface area contributed by atoms with Gasteiger partial charge in [-0.05, 0) is 11.6 Å². The van der Waals surface area contributed by atoms with E-state index >= 15 is 0 Å². The second-order valence-electron chi connectivity index (χ2n) is 2.82. The molecule has 1 N–H and O–H groups in total. The molecule has 61 valence electrons. The molecule has 0 aliphatic carbocycles. The monoisotopic (exact) mass is 162 g/mol. The van der Waals surface area contributed by atoms with Crippen LogP contribution in [-0.2, 0) is 11.2 Å². The first-order valence-electron chi connectivity index (χ1n) is 3.79. The third kappa shape index (κ3) is 1.03. The van der Waals surface area contributed by atoms with Crippen molar-refractivity contribution in [1.29, 1.82) is 0 Å². The lowest BCUT2D eigenvalue weighted by molar-refractivity contribution is -0.138. The molecule has 1 unspecified atom stereocenters. The van der Waals surface area contributed by atoms with Crippen molar-refractivity contribution in [2.75, 3.05) is 0 Å². The minimum Gasteiger partial charge on any atom is -0.480 e. The molecule has 3 nitrogen and oxygen atoms in total. The second-order valence-corrected chi connectivity index (χ2v) is 2.82. The number of hydrogen-bond acceptors (Lipinski definition) is 1. The fourth-order valence-electron chi connectivity index (χ4n) is 1.37. The van der Waals surface area contributed by atoms with Crippen molar-refractivity contribution in [3.8, 4) is 0 Å². The Labute approximate surface area is 70.0 Å². The van der Waals surface area contributed by atoms with Crippen molar-refractivity contribution in [1.82, 2.24) is 5.32 Å². The molecule has 0 fully saturated rings. The standard InChI is InChI=1S/C9H8NO2/c11-9(12)8-5-6-3-1-2-4-7(6)10-8/h1-4,8H,5H2,(H,11,12). The van der Waals surface area contributed by atoms with E-state index in [1.807, 2.05) is 24.3 Å². The number of fused-ring (bicyclic) bond motifs is 1. The number of nitrogens with zero attached hydrogens (tertiary/aromatic N) is 1. The fourth-order valence-corrected chi connectivity index (χ4v) is 1.37. The Morgan fingerprint density at radius 3 is 2.92 bits per heavy atom. The van der Waals surface area contributed by atoms with Gasteiger partial charge in [0, 0.05) is 6.42 Å². The Bertz CT molecular complexity index is 297. The molecule has 3 heteroatoms. The van der Waals surface area contributed by atoms with E-state index in [1.165, 1.54) is 0 Å². The van der Waals surface area contributed by atoms with Crippen LogP contribution in [0.2, 0.25) is 0 Å². The summed E-state index contributed by atoms with van der Waals surface area (Å²) in [6, 6.07) is 6.97. The Kier molecular flexibility index (Phi) is 1.50. The van der Waals surface area contributed by atoms with Crippen LogP contribution in [-0.4, -0.2) is 17.1 Å². The molecule has 0 spiro atoms. The van der Waals surface area contributed by atoms with Gasteiger partial charge in [0.15, 0.2) is 6.04 Å². The van der Waals surface area contributed by atoms with E-state index in [2.05, 4.69) is 5.32 Å². The third-order valence-electron chi connectivity index (χ3n) is 1.98. The van der Waals surface area contributed by atoms with Gasteiger partial charge < -0.3 is 5.11 Å². The highest BCUT2D eigenvalue weighted by Crippen LogP contribution is 2.25. The van der Waals surface area contributed by atoms with E-state index in [0.717, 1.165) is 11.3 Å². The predicted molar refractivity (Wildman–Crippen MR) is 43.4 cm³/mol. The SMILES string of the molecule is O=C(O)C1Cc2ccccc2[N]1. The van der Waals surface area contributed by atoms with Gasteiger partial charge in [-0.3, -0.25) is 5.32 Å². The van der Waals surface area contributed by atoms with Gasteiger partial charge >= 0.3 is 5.97 Å². The number of rotatable bonds is 1. The van der Waals surface area contributed by atoms with Crippen molar-refractivity contribution < 1.29 is 9.90 Å². The van der Waals surface area contributed by atoms with Crippen molar-refractivity contribution in [3.63, 3.8) is 0 Å². The molecule has 1 aliphatic heterocycles. The average Bonchev–Trinajstić information content (AvgIpc) is 2.46. The van der Waals surface area contributed by atoms with Crippen LogP contribution in [0.3, 0.4) is 0 Å². The van der Waals surface area contributed by atoms with Crippen molar-refractivity contribution in [2.24, 2.45) is 0 Å². The molecule has 1 heterocycles. The molecule has 1 aromatic carbocycles. The number of benzene rings is 1. The van der Waals surface area contributed by atoms with Gasteiger partial charge in [-0.25, -0.2) is 4.79 Å². The quantitative estimate of drug-likeness (QED) is 0.667. The van der Waals surface area contributed by atoms with Crippen LogP contribution in [0.15, 0.2) is 24.3 Å². The van der Waals surface area contributed by atoms with Crippen molar-refractivity contribution in [3.05, 3.63) is 29.8 Å².